The van der Waals surface area contributed by atoms with Gasteiger partial charge in [0.25, 0.3) is 5.91 Å². The molecule has 0 fully saturated rings. The van der Waals surface area contributed by atoms with Gasteiger partial charge in [-0.25, -0.2) is 5.43 Å². The Bertz CT molecular complexity index is 145. The predicted molar refractivity (Wildman–Crippen MR) is 42.7 cm³/mol. The fraction of sp³-hybridized carbons (Fsp3) is 0.571. The molecule has 0 aliphatic heterocycles. The van der Waals surface area contributed by atoms with E-state index in [1.54, 1.807) is 6.92 Å². The molecule has 11 heavy (non-hydrogen) atoms. The van der Waals surface area contributed by atoms with Crippen molar-refractivity contribution >= 4 is 5.91 Å². The molecule has 0 unspecified atom stereocenters. The standard InChI is InChI=1S/C7H14N2O2/c1-6(2)7(11)9-8-4-3-5-10/h8,10H,1,3-5H2,2H3,(H,9,11). The largest absolute Gasteiger partial charge is 0.396 e. The van der Waals surface area contributed by atoms with Crippen molar-refractivity contribution < 1.29 is 9.90 Å². The van der Waals surface area contributed by atoms with Gasteiger partial charge in [-0.1, -0.05) is 6.58 Å². The number of amides is 1. The molecule has 0 saturated heterocycles. The number of hydrogen-bond acceptors (Lipinski definition) is 3. The number of nitrogens with one attached hydrogen (secondary N) is 2. The summed E-state index contributed by atoms with van der Waals surface area (Å²) in [6.45, 7) is 5.77. The molecule has 0 atom stereocenters. The molecule has 1 amide bonds. The maximum absolute atomic E-state index is 10.8. The van der Waals surface area contributed by atoms with Crippen LogP contribution in [0, 0.1) is 0 Å². The number of carbonyl (C=O) groups is 1. The number of hydrazine groups is 1. The van der Waals surface area contributed by atoms with Crippen LogP contribution in [0.4, 0.5) is 0 Å². The summed E-state index contributed by atoms with van der Waals surface area (Å²) in [7, 11) is 0. The van der Waals surface area contributed by atoms with Gasteiger partial charge in [0.05, 0.1) is 0 Å². The molecular weight excluding hydrogens is 144 g/mol. The SMILES string of the molecule is C=C(C)C(=O)NNCCCO. The maximum atomic E-state index is 10.8. The summed E-state index contributed by atoms with van der Waals surface area (Å²) in [6, 6.07) is 0. The van der Waals surface area contributed by atoms with Gasteiger partial charge in [-0.15, -0.1) is 0 Å². The Balaban J connectivity index is 3.25. The lowest BCUT2D eigenvalue weighted by Gasteiger charge is -2.04. The summed E-state index contributed by atoms with van der Waals surface area (Å²) < 4.78 is 0. The first kappa shape index (κ1) is 10.1. The Morgan fingerprint density at radius 3 is 2.73 bits per heavy atom. The van der Waals surface area contributed by atoms with E-state index in [2.05, 4.69) is 17.4 Å². The van der Waals surface area contributed by atoms with E-state index in [4.69, 9.17) is 5.11 Å². The van der Waals surface area contributed by atoms with Crippen LogP contribution in [0.25, 0.3) is 0 Å². The van der Waals surface area contributed by atoms with E-state index in [0.29, 0.717) is 18.5 Å². The summed E-state index contributed by atoms with van der Waals surface area (Å²) in [6.07, 6.45) is 0.621. The second-order valence-electron chi connectivity index (χ2n) is 2.24. The van der Waals surface area contributed by atoms with E-state index in [9.17, 15) is 4.79 Å². The molecule has 0 aromatic rings. The van der Waals surface area contributed by atoms with E-state index in [0.717, 1.165) is 0 Å². The number of hydrogen-bond donors (Lipinski definition) is 3. The van der Waals surface area contributed by atoms with Crippen LogP contribution >= 0.6 is 0 Å². The van der Waals surface area contributed by atoms with Gasteiger partial charge in [-0.3, -0.25) is 10.2 Å². The van der Waals surface area contributed by atoms with Gasteiger partial charge in [0.1, 0.15) is 0 Å². The highest BCUT2D eigenvalue weighted by Gasteiger charge is 1.97. The van der Waals surface area contributed by atoms with Crippen molar-refractivity contribution in [1.82, 2.24) is 10.9 Å². The van der Waals surface area contributed by atoms with Gasteiger partial charge in [-0.2, -0.15) is 0 Å². The fourth-order valence-corrected chi connectivity index (χ4v) is 0.417. The second-order valence-corrected chi connectivity index (χ2v) is 2.24. The first-order valence-corrected chi connectivity index (χ1v) is 3.48. The molecule has 4 heteroatoms. The first-order valence-electron chi connectivity index (χ1n) is 3.48. The van der Waals surface area contributed by atoms with Crippen LogP contribution in [0.3, 0.4) is 0 Å². The molecule has 0 rings (SSSR count). The molecular formula is C7H14N2O2. The van der Waals surface area contributed by atoms with Gasteiger partial charge in [0.15, 0.2) is 0 Å². The quantitative estimate of drug-likeness (QED) is 0.289. The lowest BCUT2D eigenvalue weighted by Crippen LogP contribution is -2.38. The van der Waals surface area contributed by atoms with Gasteiger partial charge >= 0.3 is 0 Å². The van der Waals surface area contributed by atoms with E-state index in [1.807, 2.05) is 0 Å². The molecule has 0 aliphatic rings. The normalized spacial score (nSPS) is 9.27. The zero-order chi connectivity index (χ0) is 8.69. The highest BCUT2D eigenvalue weighted by molar-refractivity contribution is 5.91. The molecule has 0 aromatic carbocycles. The Morgan fingerprint density at radius 2 is 2.27 bits per heavy atom. The van der Waals surface area contributed by atoms with E-state index < -0.39 is 0 Å². The topological polar surface area (TPSA) is 61.4 Å². The van der Waals surface area contributed by atoms with Crippen LogP contribution in [0.15, 0.2) is 12.2 Å². The third kappa shape index (κ3) is 5.57. The van der Waals surface area contributed by atoms with Crippen LogP contribution in [0.5, 0.6) is 0 Å². The Kier molecular flexibility index (Phi) is 5.42. The van der Waals surface area contributed by atoms with E-state index in [1.165, 1.54) is 0 Å². The average molecular weight is 158 g/mol. The van der Waals surface area contributed by atoms with Gasteiger partial charge in [0, 0.05) is 18.7 Å². The van der Waals surface area contributed by atoms with Crippen LogP contribution in [-0.2, 0) is 4.79 Å². The monoisotopic (exact) mass is 158 g/mol. The van der Waals surface area contributed by atoms with Crippen LogP contribution < -0.4 is 10.9 Å². The molecule has 64 valence electrons. The van der Waals surface area contributed by atoms with Crippen molar-refractivity contribution in [3.8, 4) is 0 Å². The van der Waals surface area contributed by atoms with Gasteiger partial charge in [-0.05, 0) is 13.3 Å². The predicted octanol–water partition coefficient (Wildman–Crippen LogP) is -0.434. The number of carbonyl (C=O) groups excluding carboxylic acids is 1. The van der Waals surface area contributed by atoms with Gasteiger partial charge in [0.2, 0.25) is 0 Å². The summed E-state index contributed by atoms with van der Waals surface area (Å²) in [5.74, 6) is -0.220. The minimum atomic E-state index is -0.220. The number of aliphatic hydroxyl groups is 1. The Labute approximate surface area is 66.3 Å². The zero-order valence-corrected chi connectivity index (χ0v) is 6.68. The van der Waals surface area contributed by atoms with Crippen molar-refractivity contribution in [1.29, 1.82) is 0 Å². The molecule has 0 radical (unpaired) electrons. The zero-order valence-electron chi connectivity index (χ0n) is 6.68. The summed E-state index contributed by atoms with van der Waals surface area (Å²) in [5, 5.41) is 8.37. The summed E-state index contributed by atoms with van der Waals surface area (Å²) in [5.41, 5.74) is 5.52. The summed E-state index contributed by atoms with van der Waals surface area (Å²) in [4.78, 5) is 10.8. The van der Waals surface area contributed by atoms with Gasteiger partial charge < -0.3 is 5.11 Å². The van der Waals surface area contributed by atoms with E-state index >= 15 is 0 Å². The lowest BCUT2D eigenvalue weighted by atomic mass is 10.3. The molecule has 0 aromatic heterocycles. The Morgan fingerprint density at radius 1 is 1.64 bits per heavy atom. The molecule has 0 spiro atoms. The molecule has 4 nitrogen and oxygen atoms in total. The molecule has 3 N–H and O–H groups in total. The molecule has 0 saturated carbocycles. The van der Waals surface area contributed by atoms with Crippen LogP contribution in [-0.4, -0.2) is 24.2 Å². The smallest absolute Gasteiger partial charge is 0.260 e. The Hall–Kier alpha value is -0.870. The lowest BCUT2D eigenvalue weighted by molar-refractivity contribution is -0.118. The second kappa shape index (κ2) is 5.88. The molecule has 0 bridgehead atoms. The van der Waals surface area contributed by atoms with Crippen molar-refractivity contribution in [2.45, 2.75) is 13.3 Å². The van der Waals surface area contributed by atoms with Crippen LogP contribution in [0.1, 0.15) is 13.3 Å². The minimum absolute atomic E-state index is 0.121. The molecule has 0 aliphatic carbocycles. The van der Waals surface area contributed by atoms with Crippen LogP contribution in [0.2, 0.25) is 0 Å². The van der Waals surface area contributed by atoms with Crippen molar-refractivity contribution in [3.05, 3.63) is 12.2 Å². The highest BCUT2D eigenvalue weighted by atomic mass is 16.3. The first-order chi connectivity index (χ1) is 5.18. The van der Waals surface area contributed by atoms with Crippen molar-refractivity contribution in [2.75, 3.05) is 13.2 Å². The highest BCUT2D eigenvalue weighted by Crippen LogP contribution is 1.82. The third-order valence-electron chi connectivity index (χ3n) is 1.05. The summed E-state index contributed by atoms with van der Waals surface area (Å²) >= 11 is 0. The minimum Gasteiger partial charge on any atom is -0.396 e. The number of rotatable bonds is 5. The molecule has 0 heterocycles. The van der Waals surface area contributed by atoms with Crippen molar-refractivity contribution in [3.63, 3.8) is 0 Å². The maximum Gasteiger partial charge on any atom is 0.260 e. The number of aliphatic hydroxyl groups excluding tert-OH is 1. The van der Waals surface area contributed by atoms with E-state index in [-0.39, 0.29) is 12.5 Å². The fourth-order valence-electron chi connectivity index (χ4n) is 0.417. The average Bonchev–Trinajstić information content (AvgIpc) is 1.97. The van der Waals surface area contributed by atoms with Crippen molar-refractivity contribution in [2.24, 2.45) is 0 Å². The third-order valence-corrected chi connectivity index (χ3v) is 1.05.